The molecular weight excluding hydrogens is 290 g/mol. The molecule has 3 nitrogen and oxygen atoms in total. The summed E-state index contributed by atoms with van der Waals surface area (Å²) in [5, 5.41) is 5.29. The molecule has 0 aromatic carbocycles. The van der Waals surface area contributed by atoms with Gasteiger partial charge >= 0.3 is 5.97 Å². The van der Waals surface area contributed by atoms with Crippen molar-refractivity contribution < 1.29 is 9.53 Å². The molecule has 0 amide bonds. The Labute approximate surface area is 108 Å². The van der Waals surface area contributed by atoms with E-state index in [-0.39, 0.29) is 11.9 Å². The first-order valence-corrected chi connectivity index (χ1v) is 6.91. The smallest absolute Gasteiger partial charge is 0.309 e. The SMILES string of the molecule is CCOC(=O)C(C)CNCc1cc(Br)cs1. The third-order valence-electron chi connectivity index (χ3n) is 2.06. The van der Waals surface area contributed by atoms with Crippen LogP contribution in [-0.4, -0.2) is 19.1 Å². The van der Waals surface area contributed by atoms with E-state index in [0.717, 1.165) is 11.0 Å². The minimum Gasteiger partial charge on any atom is -0.466 e. The van der Waals surface area contributed by atoms with Gasteiger partial charge in [0, 0.05) is 27.8 Å². The number of carbonyl (C=O) groups excluding carboxylic acids is 1. The Bertz CT molecular complexity index is 340. The van der Waals surface area contributed by atoms with Gasteiger partial charge in [-0.1, -0.05) is 6.92 Å². The van der Waals surface area contributed by atoms with Crippen LogP contribution < -0.4 is 5.32 Å². The Morgan fingerprint density at radius 2 is 2.44 bits per heavy atom. The number of rotatable bonds is 6. The van der Waals surface area contributed by atoms with Gasteiger partial charge in [-0.25, -0.2) is 0 Å². The summed E-state index contributed by atoms with van der Waals surface area (Å²) < 4.78 is 6.03. The van der Waals surface area contributed by atoms with E-state index in [4.69, 9.17) is 4.74 Å². The molecular formula is C11H16BrNO2S. The van der Waals surface area contributed by atoms with Crippen molar-refractivity contribution in [1.82, 2.24) is 5.32 Å². The van der Waals surface area contributed by atoms with Crippen LogP contribution in [0.3, 0.4) is 0 Å². The summed E-state index contributed by atoms with van der Waals surface area (Å²) in [4.78, 5) is 12.6. The topological polar surface area (TPSA) is 38.3 Å². The molecule has 0 spiro atoms. The first-order valence-electron chi connectivity index (χ1n) is 5.23. The van der Waals surface area contributed by atoms with E-state index in [9.17, 15) is 4.79 Å². The molecule has 0 bridgehead atoms. The van der Waals surface area contributed by atoms with Gasteiger partial charge in [-0.05, 0) is 28.9 Å². The van der Waals surface area contributed by atoms with Crippen LogP contribution in [0.5, 0.6) is 0 Å². The van der Waals surface area contributed by atoms with Gasteiger partial charge < -0.3 is 10.1 Å². The summed E-state index contributed by atoms with van der Waals surface area (Å²) in [5.74, 6) is -0.231. The van der Waals surface area contributed by atoms with Gasteiger partial charge in [0.15, 0.2) is 0 Å². The molecule has 90 valence electrons. The van der Waals surface area contributed by atoms with Crippen LogP contribution in [0.1, 0.15) is 18.7 Å². The number of hydrogen-bond donors (Lipinski definition) is 1. The van der Waals surface area contributed by atoms with Crippen LogP contribution in [0.15, 0.2) is 15.9 Å². The quantitative estimate of drug-likeness (QED) is 0.821. The molecule has 0 aliphatic carbocycles. The number of ether oxygens (including phenoxy) is 1. The van der Waals surface area contributed by atoms with Crippen LogP contribution >= 0.6 is 27.3 Å². The summed E-state index contributed by atoms with van der Waals surface area (Å²) in [6, 6.07) is 2.08. The molecule has 0 saturated heterocycles. The van der Waals surface area contributed by atoms with Crippen molar-refractivity contribution in [2.45, 2.75) is 20.4 Å². The summed E-state index contributed by atoms with van der Waals surface area (Å²) in [7, 11) is 0. The van der Waals surface area contributed by atoms with E-state index >= 15 is 0 Å². The Hall–Kier alpha value is -0.390. The lowest BCUT2D eigenvalue weighted by Gasteiger charge is -2.10. The average Bonchev–Trinajstić information content (AvgIpc) is 2.64. The largest absolute Gasteiger partial charge is 0.466 e. The zero-order chi connectivity index (χ0) is 12.0. The van der Waals surface area contributed by atoms with Gasteiger partial charge in [-0.2, -0.15) is 0 Å². The van der Waals surface area contributed by atoms with Gasteiger partial charge in [0.25, 0.3) is 0 Å². The molecule has 0 fully saturated rings. The van der Waals surface area contributed by atoms with E-state index in [1.54, 1.807) is 11.3 Å². The van der Waals surface area contributed by atoms with Crippen molar-refractivity contribution in [3.8, 4) is 0 Å². The summed E-state index contributed by atoms with van der Waals surface area (Å²) in [6.45, 7) is 5.58. The second kappa shape index (κ2) is 7.04. The highest BCUT2D eigenvalue weighted by Gasteiger charge is 2.12. The number of hydrogen-bond acceptors (Lipinski definition) is 4. The zero-order valence-corrected chi connectivity index (χ0v) is 11.9. The average molecular weight is 306 g/mol. The number of esters is 1. The van der Waals surface area contributed by atoms with Crippen molar-refractivity contribution in [3.63, 3.8) is 0 Å². The summed E-state index contributed by atoms with van der Waals surface area (Å²) >= 11 is 5.10. The van der Waals surface area contributed by atoms with Crippen molar-refractivity contribution >= 4 is 33.2 Å². The molecule has 1 aromatic heterocycles. The molecule has 0 aliphatic heterocycles. The highest BCUT2D eigenvalue weighted by molar-refractivity contribution is 9.10. The Morgan fingerprint density at radius 1 is 1.69 bits per heavy atom. The maximum absolute atomic E-state index is 11.3. The van der Waals surface area contributed by atoms with E-state index in [2.05, 4.69) is 27.3 Å². The second-order valence-electron chi connectivity index (χ2n) is 3.52. The molecule has 16 heavy (non-hydrogen) atoms. The molecule has 1 atom stereocenters. The minimum absolute atomic E-state index is 0.0941. The summed E-state index contributed by atoms with van der Waals surface area (Å²) in [5.41, 5.74) is 0. The van der Waals surface area contributed by atoms with Gasteiger partial charge in [0.05, 0.1) is 12.5 Å². The fourth-order valence-electron chi connectivity index (χ4n) is 1.23. The van der Waals surface area contributed by atoms with Crippen molar-refractivity contribution in [2.75, 3.05) is 13.2 Å². The second-order valence-corrected chi connectivity index (χ2v) is 5.43. The van der Waals surface area contributed by atoms with Crippen molar-refractivity contribution in [1.29, 1.82) is 0 Å². The van der Waals surface area contributed by atoms with E-state index < -0.39 is 0 Å². The lowest BCUT2D eigenvalue weighted by Crippen LogP contribution is -2.27. The maximum atomic E-state index is 11.3. The first kappa shape index (κ1) is 13.7. The normalized spacial score (nSPS) is 12.4. The Morgan fingerprint density at radius 3 is 3.00 bits per heavy atom. The van der Waals surface area contributed by atoms with E-state index in [1.807, 2.05) is 19.2 Å². The van der Waals surface area contributed by atoms with E-state index in [0.29, 0.717) is 13.2 Å². The zero-order valence-electron chi connectivity index (χ0n) is 9.46. The van der Waals surface area contributed by atoms with Crippen molar-refractivity contribution in [3.05, 3.63) is 20.8 Å². The standard InChI is InChI=1S/C11H16BrNO2S/c1-3-15-11(14)8(2)5-13-6-10-4-9(12)7-16-10/h4,7-8,13H,3,5-6H2,1-2H3. The molecule has 0 radical (unpaired) electrons. The van der Waals surface area contributed by atoms with Crippen molar-refractivity contribution in [2.24, 2.45) is 5.92 Å². The number of thiophene rings is 1. The van der Waals surface area contributed by atoms with Crippen LogP contribution in [0, 0.1) is 5.92 Å². The lowest BCUT2D eigenvalue weighted by atomic mass is 10.2. The molecule has 1 rings (SSSR count). The Balaban J connectivity index is 2.22. The van der Waals surface area contributed by atoms with Gasteiger partial charge in [0.1, 0.15) is 0 Å². The highest BCUT2D eigenvalue weighted by atomic mass is 79.9. The summed E-state index contributed by atoms with van der Waals surface area (Å²) in [6.07, 6.45) is 0. The van der Waals surface area contributed by atoms with Crippen LogP contribution in [0.25, 0.3) is 0 Å². The van der Waals surface area contributed by atoms with Crippen LogP contribution in [0.4, 0.5) is 0 Å². The maximum Gasteiger partial charge on any atom is 0.309 e. The molecule has 5 heteroatoms. The first-order chi connectivity index (χ1) is 7.63. The lowest BCUT2D eigenvalue weighted by molar-refractivity contribution is -0.147. The third kappa shape index (κ3) is 4.63. The molecule has 1 aromatic rings. The fraction of sp³-hybridized carbons (Fsp3) is 0.545. The minimum atomic E-state index is -0.137. The monoisotopic (exact) mass is 305 g/mol. The molecule has 0 aliphatic rings. The number of halogens is 1. The predicted octanol–water partition coefficient (Wildman–Crippen LogP) is 2.80. The molecule has 1 N–H and O–H groups in total. The van der Waals surface area contributed by atoms with E-state index in [1.165, 1.54) is 4.88 Å². The molecule has 1 unspecified atom stereocenters. The molecule has 1 heterocycles. The number of nitrogens with one attached hydrogen (secondary N) is 1. The molecule has 0 saturated carbocycles. The van der Waals surface area contributed by atoms with Gasteiger partial charge in [0.2, 0.25) is 0 Å². The van der Waals surface area contributed by atoms with Crippen LogP contribution in [-0.2, 0) is 16.1 Å². The van der Waals surface area contributed by atoms with Gasteiger partial charge in [-0.15, -0.1) is 11.3 Å². The van der Waals surface area contributed by atoms with Gasteiger partial charge in [-0.3, -0.25) is 4.79 Å². The predicted molar refractivity (Wildman–Crippen MR) is 69.5 cm³/mol. The highest BCUT2D eigenvalue weighted by Crippen LogP contribution is 2.19. The number of carbonyl (C=O) groups is 1. The van der Waals surface area contributed by atoms with Crippen LogP contribution in [0.2, 0.25) is 0 Å². The third-order valence-corrected chi connectivity index (χ3v) is 3.76. The Kier molecular flexibility index (Phi) is 6.01. The fourth-order valence-corrected chi connectivity index (χ4v) is 2.65.